The number of hydrogen-bond acceptors (Lipinski definition) is 4. The molecule has 7 heteroatoms. The highest BCUT2D eigenvalue weighted by Crippen LogP contribution is 2.41. The molecule has 2 bridgehead atoms. The molecule has 2 aromatic heterocycles. The first-order valence-electron chi connectivity index (χ1n) is 9.49. The van der Waals surface area contributed by atoms with Crippen molar-refractivity contribution in [1.82, 2.24) is 29.4 Å². The summed E-state index contributed by atoms with van der Waals surface area (Å²) < 4.78 is 3.79. The SMILES string of the molecule is Cc1c(C(=O)N2C3CCC2CC(n2cncn2)C3)cnn1-c1ccccc1. The van der Waals surface area contributed by atoms with Gasteiger partial charge in [0.1, 0.15) is 12.7 Å². The lowest BCUT2D eigenvalue weighted by Crippen LogP contribution is -2.47. The van der Waals surface area contributed by atoms with Crippen molar-refractivity contribution in [3.63, 3.8) is 0 Å². The predicted molar refractivity (Wildman–Crippen MR) is 99.6 cm³/mol. The van der Waals surface area contributed by atoms with Gasteiger partial charge in [-0.15, -0.1) is 0 Å². The van der Waals surface area contributed by atoms with Gasteiger partial charge in [0.25, 0.3) is 5.91 Å². The summed E-state index contributed by atoms with van der Waals surface area (Å²) >= 11 is 0. The molecule has 138 valence electrons. The minimum absolute atomic E-state index is 0.110. The molecule has 0 spiro atoms. The van der Waals surface area contributed by atoms with Crippen LogP contribution >= 0.6 is 0 Å². The number of piperidine rings is 1. The number of rotatable bonds is 3. The van der Waals surface area contributed by atoms with E-state index in [0.717, 1.165) is 37.1 Å². The van der Waals surface area contributed by atoms with E-state index in [4.69, 9.17) is 0 Å². The molecule has 1 amide bonds. The number of carbonyl (C=O) groups excluding carboxylic acids is 1. The maximum Gasteiger partial charge on any atom is 0.257 e. The van der Waals surface area contributed by atoms with Gasteiger partial charge in [0.15, 0.2) is 0 Å². The molecule has 4 heterocycles. The van der Waals surface area contributed by atoms with Crippen molar-refractivity contribution < 1.29 is 4.79 Å². The highest BCUT2D eigenvalue weighted by atomic mass is 16.2. The summed E-state index contributed by atoms with van der Waals surface area (Å²) in [5, 5.41) is 8.78. The van der Waals surface area contributed by atoms with Crippen LogP contribution in [0.1, 0.15) is 47.8 Å². The molecule has 27 heavy (non-hydrogen) atoms. The Hall–Kier alpha value is -2.96. The van der Waals surface area contributed by atoms with Crippen LogP contribution in [-0.2, 0) is 0 Å². The fraction of sp³-hybridized carbons (Fsp3) is 0.400. The van der Waals surface area contributed by atoms with Crippen molar-refractivity contribution in [2.75, 3.05) is 0 Å². The van der Waals surface area contributed by atoms with Gasteiger partial charge in [0.2, 0.25) is 0 Å². The van der Waals surface area contributed by atoms with E-state index in [1.165, 1.54) is 0 Å². The van der Waals surface area contributed by atoms with Crippen molar-refractivity contribution in [3.8, 4) is 5.69 Å². The Morgan fingerprint density at radius 2 is 1.78 bits per heavy atom. The van der Waals surface area contributed by atoms with Crippen molar-refractivity contribution in [2.45, 2.75) is 50.7 Å². The molecule has 0 saturated carbocycles. The van der Waals surface area contributed by atoms with Gasteiger partial charge in [-0.25, -0.2) is 14.3 Å². The maximum atomic E-state index is 13.4. The number of amides is 1. The molecule has 5 rings (SSSR count). The molecule has 2 saturated heterocycles. The van der Waals surface area contributed by atoms with Crippen LogP contribution in [0.15, 0.2) is 49.2 Å². The van der Waals surface area contributed by atoms with E-state index in [1.54, 1.807) is 18.9 Å². The van der Waals surface area contributed by atoms with Gasteiger partial charge in [-0.3, -0.25) is 4.79 Å². The highest BCUT2D eigenvalue weighted by Gasteiger charge is 2.44. The average Bonchev–Trinajstić information content (AvgIpc) is 3.41. The monoisotopic (exact) mass is 362 g/mol. The van der Waals surface area contributed by atoms with Crippen molar-refractivity contribution in [1.29, 1.82) is 0 Å². The quantitative estimate of drug-likeness (QED) is 0.718. The molecule has 2 aliphatic rings. The molecule has 2 fully saturated rings. The van der Waals surface area contributed by atoms with Gasteiger partial charge in [0, 0.05) is 12.1 Å². The van der Waals surface area contributed by atoms with E-state index >= 15 is 0 Å². The first kappa shape index (κ1) is 16.2. The molecular formula is C20H22N6O. The smallest absolute Gasteiger partial charge is 0.257 e. The van der Waals surface area contributed by atoms with E-state index in [2.05, 4.69) is 20.1 Å². The second kappa shape index (κ2) is 6.33. The number of hydrogen-bond donors (Lipinski definition) is 0. The third-order valence-corrected chi connectivity index (χ3v) is 5.99. The summed E-state index contributed by atoms with van der Waals surface area (Å²) in [6, 6.07) is 10.8. The van der Waals surface area contributed by atoms with Gasteiger partial charge < -0.3 is 4.90 Å². The van der Waals surface area contributed by atoms with Crippen LogP contribution in [0.25, 0.3) is 5.69 Å². The Morgan fingerprint density at radius 3 is 2.44 bits per heavy atom. The zero-order valence-electron chi connectivity index (χ0n) is 15.3. The molecule has 0 N–H and O–H groups in total. The lowest BCUT2D eigenvalue weighted by molar-refractivity contribution is 0.0523. The minimum Gasteiger partial charge on any atom is -0.332 e. The highest BCUT2D eigenvalue weighted by molar-refractivity contribution is 5.96. The van der Waals surface area contributed by atoms with E-state index < -0.39 is 0 Å². The summed E-state index contributed by atoms with van der Waals surface area (Å²) in [5.74, 6) is 0.110. The van der Waals surface area contributed by atoms with Crippen molar-refractivity contribution in [2.24, 2.45) is 0 Å². The fourth-order valence-electron chi connectivity index (χ4n) is 4.69. The molecule has 2 atom stereocenters. The Bertz CT molecular complexity index is 934. The van der Waals surface area contributed by atoms with Crippen LogP contribution in [0, 0.1) is 6.92 Å². The van der Waals surface area contributed by atoms with Gasteiger partial charge >= 0.3 is 0 Å². The second-order valence-electron chi connectivity index (χ2n) is 7.49. The molecule has 3 aromatic rings. The number of aromatic nitrogens is 5. The van der Waals surface area contributed by atoms with Crippen molar-refractivity contribution >= 4 is 5.91 Å². The third kappa shape index (κ3) is 2.65. The average molecular weight is 362 g/mol. The van der Waals surface area contributed by atoms with Crippen LogP contribution in [0.2, 0.25) is 0 Å². The number of fused-ring (bicyclic) bond motifs is 2. The number of benzene rings is 1. The predicted octanol–water partition coefficient (Wildman–Crippen LogP) is 2.78. The number of para-hydroxylation sites is 1. The summed E-state index contributed by atoms with van der Waals surface area (Å²) in [6.45, 7) is 1.97. The van der Waals surface area contributed by atoms with Gasteiger partial charge in [0.05, 0.1) is 29.2 Å². The van der Waals surface area contributed by atoms with E-state index in [-0.39, 0.29) is 18.0 Å². The Morgan fingerprint density at radius 1 is 1.04 bits per heavy atom. The zero-order valence-corrected chi connectivity index (χ0v) is 15.3. The Kier molecular flexibility index (Phi) is 3.81. The number of carbonyl (C=O) groups is 1. The fourth-order valence-corrected chi connectivity index (χ4v) is 4.69. The normalized spacial score (nSPS) is 24.3. The largest absolute Gasteiger partial charge is 0.332 e. The Balaban J connectivity index is 1.40. The lowest BCUT2D eigenvalue weighted by Gasteiger charge is -2.38. The van der Waals surface area contributed by atoms with Crippen LogP contribution in [0.5, 0.6) is 0 Å². The summed E-state index contributed by atoms with van der Waals surface area (Å²) in [4.78, 5) is 19.5. The molecule has 2 unspecified atom stereocenters. The molecular weight excluding hydrogens is 340 g/mol. The first-order chi connectivity index (χ1) is 13.2. The molecule has 7 nitrogen and oxygen atoms in total. The molecule has 1 aromatic carbocycles. The van der Waals surface area contributed by atoms with Gasteiger partial charge in [-0.1, -0.05) is 18.2 Å². The third-order valence-electron chi connectivity index (χ3n) is 5.99. The second-order valence-corrected chi connectivity index (χ2v) is 7.49. The molecule has 2 aliphatic heterocycles. The minimum atomic E-state index is 0.110. The Labute approximate surface area is 157 Å². The first-order valence-corrected chi connectivity index (χ1v) is 9.49. The van der Waals surface area contributed by atoms with E-state index in [1.807, 2.05) is 46.6 Å². The number of nitrogens with zero attached hydrogens (tertiary/aromatic N) is 6. The van der Waals surface area contributed by atoms with Crippen LogP contribution in [-0.4, -0.2) is 47.4 Å². The lowest BCUT2D eigenvalue weighted by atomic mass is 9.96. The zero-order chi connectivity index (χ0) is 18.4. The summed E-state index contributed by atoms with van der Waals surface area (Å²) in [6.07, 6.45) is 9.10. The van der Waals surface area contributed by atoms with Crippen LogP contribution < -0.4 is 0 Å². The summed E-state index contributed by atoms with van der Waals surface area (Å²) in [7, 11) is 0. The molecule has 0 radical (unpaired) electrons. The van der Waals surface area contributed by atoms with Gasteiger partial charge in [-0.2, -0.15) is 10.2 Å². The standard InChI is InChI=1S/C20H22N6O/c1-14-19(11-22-26(14)15-5-3-2-4-6-15)20(27)25-16-7-8-17(25)10-18(9-16)24-13-21-12-23-24/h2-6,11-13,16-18H,7-10H2,1H3. The van der Waals surface area contributed by atoms with Crippen LogP contribution in [0.3, 0.4) is 0 Å². The maximum absolute atomic E-state index is 13.4. The van der Waals surface area contributed by atoms with Crippen LogP contribution in [0.4, 0.5) is 0 Å². The van der Waals surface area contributed by atoms with E-state index in [0.29, 0.717) is 11.6 Å². The summed E-state index contributed by atoms with van der Waals surface area (Å²) in [5.41, 5.74) is 2.57. The van der Waals surface area contributed by atoms with E-state index in [9.17, 15) is 4.79 Å². The van der Waals surface area contributed by atoms with Crippen molar-refractivity contribution in [3.05, 3.63) is 60.4 Å². The molecule has 0 aliphatic carbocycles. The topological polar surface area (TPSA) is 68.8 Å². The van der Waals surface area contributed by atoms with Gasteiger partial charge in [-0.05, 0) is 44.7 Å².